The summed E-state index contributed by atoms with van der Waals surface area (Å²) in [4.78, 5) is 17.6. The second-order valence-electron chi connectivity index (χ2n) is 4.94. The highest BCUT2D eigenvalue weighted by molar-refractivity contribution is 5.76. The van der Waals surface area contributed by atoms with Crippen molar-refractivity contribution in [3.05, 3.63) is 24.3 Å². The van der Waals surface area contributed by atoms with Gasteiger partial charge in [-0.25, -0.2) is 0 Å². The van der Waals surface area contributed by atoms with Gasteiger partial charge in [-0.05, 0) is 38.1 Å². The van der Waals surface area contributed by atoms with Crippen molar-refractivity contribution in [3.8, 4) is 11.6 Å². The molecule has 3 heterocycles. The number of aromatic nitrogens is 2. The molecule has 1 saturated heterocycles. The van der Waals surface area contributed by atoms with Crippen molar-refractivity contribution in [3.63, 3.8) is 0 Å². The Morgan fingerprint density at radius 1 is 1.45 bits per heavy atom. The topological polar surface area (TPSA) is 98.4 Å². The third-order valence-electron chi connectivity index (χ3n) is 3.56. The Bertz CT molecular complexity index is 570. The normalized spacial score (nSPS) is 17.4. The summed E-state index contributed by atoms with van der Waals surface area (Å²) in [6.45, 7) is 2.21. The maximum Gasteiger partial charge on any atom is 0.241 e. The molecule has 0 saturated carbocycles. The van der Waals surface area contributed by atoms with Crippen LogP contribution in [0.2, 0.25) is 0 Å². The minimum absolute atomic E-state index is 0.00684. The molecule has 106 valence electrons. The Labute approximate surface area is 115 Å². The van der Waals surface area contributed by atoms with Crippen LogP contribution in [0.5, 0.6) is 0 Å². The number of piperidine rings is 1. The van der Waals surface area contributed by atoms with E-state index in [-0.39, 0.29) is 11.8 Å². The molecule has 3 rings (SSSR count). The third-order valence-corrected chi connectivity index (χ3v) is 3.56. The molecule has 0 aromatic carbocycles. The van der Waals surface area contributed by atoms with Gasteiger partial charge in [0.1, 0.15) is 0 Å². The molecule has 1 fully saturated rings. The number of nitrogens with zero attached hydrogens (tertiary/aromatic N) is 3. The van der Waals surface area contributed by atoms with Crippen LogP contribution in [-0.2, 0) is 11.3 Å². The fourth-order valence-corrected chi connectivity index (χ4v) is 2.39. The largest absolute Gasteiger partial charge is 0.461 e. The zero-order chi connectivity index (χ0) is 13.9. The molecule has 2 aromatic heterocycles. The highest BCUT2D eigenvalue weighted by Crippen LogP contribution is 2.20. The van der Waals surface area contributed by atoms with E-state index in [0.717, 1.165) is 25.9 Å². The molecule has 2 aromatic rings. The van der Waals surface area contributed by atoms with Gasteiger partial charge in [-0.3, -0.25) is 9.69 Å². The van der Waals surface area contributed by atoms with Crippen molar-refractivity contribution >= 4 is 5.91 Å². The van der Waals surface area contributed by atoms with Gasteiger partial charge in [0.05, 0.1) is 12.8 Å². The van der Waals surface area contributed by atoms with E-state index in [1.54, 1.807) is 18.4 Å². The van der Waals surface area contributed by atoms with Crippen LogP contribution < -0.4 is 5.73 Å². The predicted octanol–water partition coefficient (Wildman–Crippen LogP) is 1.03. The van der Waals surface area contributed by atoms with Crippen molar-refractivity contribution < 1.29 is 13.7 Å². The Morgan fingerprint density at radius 3 is 2.90 bits per heavy atom. The first kappa shape index (κ1) is 12.9. The van der Waals surface area contributed by atoms with E-state index in [4.69, 9.17) is 14.7 Å². The van der Waals surface area contributed by atoms with Gasteiger partial charge >= 0.3 is 0 Å². The number of carbonyl (C=O) groups excluding carboxylic acids is 1. The first-order valence-corrected chi connectivity index (χ1v) is 6.60. The summed E-state index contributed by atoms with van der Waals surface area (Å²) < 4.78 is 10.4. The van der Waals surface area contributed by atoms with E-state index in [0.29, 0.717) is 24.0 Å². The van der Waals surface area contributed by atoms with Gasteiger partial charge < -0.3 is 14.7 Å². The average molecular weight is 276 g/mol. The second kappa shape index (κ2) is 5.46. The van der Waals surface area contributed by atoms with Crippen LogP contribution in [0.4, 0.5) is 0 Å². The number of amides is 1. The molecular weight excluding hydrogens is 260 g/mol. The summed E-state index contributed by atoms with van der Waals surface area (Å²) in [5, 5.41) is 3.89. The molecule has 0 radical (unpaired) electrons. The molecule has 7 heteroatoms. The molecule has 2 N–H and O–H groups in total. The van der Waals surface area contributed by atoms with Gasteiger partial charge in [-0.15, -0.1) is 0 Å². The van der Waals surface area contributed by atoms with E-state index in [9.17, 15) is 4.79 Å². The van der Waals surface area contributed by atoms with E-state index < -0.39 is 0 Å². The van der Waals surface area contributed by atoms with E-state index in [2.05, 4.69) is 15.0 Å². The minimum atomic E-state index is -0.206. The lowest BCUT2D eigenvalue weighted by Gasteiger charge is -2.29. The molecule has 1 aliphatic heterocycles. The molecule has 0 bridgehead atoms. The monoisotopic (exact) mass is 276 g/mol. The van der Waals surface area contributed by atoms with Crippen LogP contribution in [0.1, 0.15) is 18.7 Å². The Balaban J connectivity index is 1.58. The van der Waals surface area contributed by atoms with E-state index >= 15 is 0 Å². The molecule has 0 unspecified atom stereocenters. The summed E-state index contributed by atoms with van der Waals surface area (Å²) in [5.74, 6) is 1.38. The number of hydrogen-bond acceptors (Lipinski definition) is 6. The SMILES string of the molecule is NC(=O)C1CCN(Cc2nc(-c3ccco3)no2)CC1. The molecule has 20 heavy (non-hydrogen) atoms. The van der Waals surface area contributed by atoms with Crippen LogP contribution in [0.15, 0.2) is 27.3 Å². The maximum absolute atomic E-state index is 11.1. The lowest BCUT2D eigenvalue weighted by molar-refractivity contribution is -0.123. The molecule has 0 aliphatic carbocycles. The van der Waals surface area contributed by atoms with Gasteiger partial charge in [0, 0.05) is 5.92 Å². The fraction of sp³-hybridized carbons (Fsp3) is 0.462. The average Bonchev–Trinajstić information content (AvgIpc) is 3.09. The molecule has 0 spiro atoms. The van der Waals surface area contributed by atoms with Gasteiger partial charge in [0.2, 0.25) is 17.6 Å². The Hall–Kier alpha value is -2.15. The molecule has 7 nitrogen and oxygen atoms in total. The van der Waals surface area contributed by atoms with Crippen molar-refractivity contribution in [2.45, 2.75) is 19.4 Å². The number of carbonyl (C=O) groups is 1. The minimum Gasteiger partial charge on any atom is -0.461 e. The van der Waals surface area contributed by atoms with Gasteiger partial charge in [-0.1, -0.05) is 5.16 Å². The number of primary amides is 1. The highest BCUT2D eigenvalue weighted by Gasteiger charge is 2.24. The highest BCUT2D eigenvalue weighted by atomic mass is 16.5. The summed E-state index contributed by atoms with van der Waals surface area (Å²) in [6.07, 6.45) is 3.14. The number of rotatable bonds is 4. The van der Waals surface area contributed by atoms with Gasteiger partial charge in [0.25, 0.3) is 0 Å². The summed E-state index contributed by atoms with van der Waals surface area (Å²) in [6, 6.07) is 3.56. The Kier molecular flexibility index (Phi) is 3.51. The van der Waals surface area contributed by atoms with Crippen LogP contribution >= 0.6 is 0 Å². The smallest absolute Gasteiger partial charge is 0.241 e. The second-order valence-corrected chi connectivity index (χ2v) is 4.94. The quantitative estimate of drug-likeness (QED) is 0.895. The van der Waals surface area contributed by atoms with Crippen molar-refractivity contribution in [1.29, 1.82) is 0 Å². The molecule has 0 atom stereocenters. The lowest BCUT2D eigenvalue weighted by Crippen LogP contribution is -2.38. The molecule has 1 aliphatic rings. The maximum atomic E-state index is 11.1. The summed E-state index contributed by atoms with van der Waals surface area (Å²) in [7, 11) is 0. The first-order chi connectivity index (χ1) is 9.72. The van der Waals surface area contributed by atoms with E-state index in [1.807, 2.05) is 0 Å². The number of hydrogen-bond donors (Lipinski definition) is 1. The van der Waals surface area contributed by atoms with Gasteiger partial charge in [0.15, 0.2) is 5.76 Å². The first-order valence-electron chi connectivity index (χ1n) is 6.60. The lowest BCUT2D eigenvalue weighted by atomic mass is 9.96. The molecular formula is C13H16N4O3. The van der Waals surface area contributed by atoms with Crippen LogP contribution in [0, 0.1) is 5.92 Å². The van der Waals surface area contributed by atoms with Crippen LogP contribution in [0.25, 0.3) is 11.6 Å². The summed E-state index contributed by atoms with van der Waals surface area (Å²) in [5.41, 5.74) is 5.31. The Morgan fingerprint density at radius 2 is 2.25 bits per heavy atom. The van der Waals surface area contributed by atoms with Crippen molar-refractivity contribution in [2.24, 2.45) is 11.7 Å². The number of nitrogens with two attached hydrogens (primary N) is 1. The predicted molar refractivity (Wildman–Crippen MR) is 69.2 cm³/mol. The van der Waals surface area contributed by atoms with Gasteiger partial charge in [-0.2, -0.15) is 4.98 Å². The fourth-order valence-electron chi connectivity index (χ4n) is 2.39. The zero-order valence-corrected chi connectivity index (χ0v) is 11.0. The van der Waals surface area contributed by atoms with E-state index in [1.165, 1.54) is 0 Å². The number of furan rings is 1. The van der Waals surface area contributed by atoms with Crippen molar-refractivity contribution in [2.75, 3.05) is 13.1 Å². The number of likely N-dealkylation sites (tertiary alicyclic amines) is 1. The molecule has 1 amide bonds. The zero-order valence-electron chi connectivity index (χ0n) is 11.0. The van der Waals surface area contributed by atoms with Crippen molar-refractivity contribution in [1.82, 2.24) is 15.0 Å². The van der Waals surface area contributed by atoms with Crippen LogP contribution in [-0.4, -0.2) is 34.0 Å². The summed E-state index contributed by atoms with van der Waals surface area (Å²) >= 11 is 0. The third kappa shape index (κ3) is 2.72. The van der Waals surface area contributed by atoms with Crippen LogP contribution in [0.3, 0.4) is 0 Å². The standard InChI is InChI=1S/C13H16N4O3/c14-12(18)9-3-5-17(6-4-9)8-11-15-13(16-20-11)10-2-1-7-19-10/h1-2,7,9H,3-6,8H2,(H2,14,18).